The average Bonchev–Trinajstić information content (AvgIpc) is 3.65. The summed E-state index contributed by atoms with van der Waals surface area (Å²) in [5.74, 6) is 2.01. The number of rotatable bonds is 7. The Morgan fingerprint density at radius 3 is 2.54 bits per heavy atom. The predicted octanol–water partition coefficient (Wildman–Crippen LogP) is 3.37. The molecule has 9 heteroatoms. The molecule has 1 saturated heterocycles. The first-order valence-electron chi connectivity index (χ1n) is 13.0. The first kappa shape index (κ1) is 23.5. The second kappa shape index (κ2) is 9.89. The van der Waals surface area contributed by atoms with Crippen molar-refractivity contribution in [2.24, 2.45) is 0 Å². The van der Waals surface area contributed by atoms with Crippen LogP contribution in [0, 0.1) is 6.92 Å². The van der Waals surface area contributed by atoms with Crippen LogP contribution in [0.15, 0.2) is 57.8 Å². The third kappa shape index (κ3) is 4.91. The molecule has 2 aromatic carbocycles. The molecule has 2 aliphatic rings. The Bertz CT molecular complexity index is 1500. The Hall–Kier alpha value is -3.85. The van der Waals surface area contributed by atoms with E-state index >= 15 is 0 Å². The zero-order valence-corrected chi connectivity index (χ0v) is 21.0. The number of para-hydroxylation sites is 1. The summed E-state index contributed by atoms with van der Waals surface area (Å²) in [5.41, 5.74) is 2.79. The topological polar surface area (TPSA) is 97.4 Å². The minimum Gasteiger partial charge on any atom is -0.340 e. The van der Waals surface area contributed by atoms with Gasteiger partial charge in [-0.15, -0.1) is 0 Å². The van der Waals surface area contributed by atoms with Gasteiger partial charge in [0.15, 0.2) is 0 Å². The van der Waals surface area contributed by atoms with Gasteiger partial charge in [0.05, 0.1) is 17.4 Å². The summed E-state index contributed by atoms with van der Waals surface area (Å²) in [7, 11) is 0. The van der Waals surface area contributed by atoms with Crippen LogP contribution in [-0.2, 0) is 17.8 Å². The number of aryl methyl sites for hydroxylation is 2. The fourth-order valence-electron chi connectivity index (χ4n) is 5.05. The summed E-state index contributed by atoms with van der Waals surface area (Å²) in [6.45, 7) is 5.39. The number of hydrogen-bond donors (Lipinski definition) is 0. The van der Waals surface area contributed by atoms with Gasteiger partial charge in [0, 0.05) is 50.6 Å². The smallest absolute Gasteiger partial charge is 0.261 e. The number of carbonyl (C=O) groups excluding carboxylic acids is 1. The lowest BCUT2D eigenvalue weighted by atomic mass is 10.1. The molecule has 0 bridgehead atoms. The van der Waals surface area contributed by atoms with E-state index in [4.69, 9.17) is 9.51 Å². The maximum absolute atomic E-state index is 13.1. The number of hydrogen-bond acceptors (Lipinski definition) is 7. The largest absolute Gasteiger partial charge is 0.340 e. The van der Waals surface area contributed by atoms with Gasteiger partial charge in [0.2, 0.25) is 17.6 Å². The Balaban J connectivity index is 1.05. The molecule has 0 spiro atoms. The molecule has 9 nitrogen and oxygen atoms in total. The van der Waals surface area contributed by atoms with Gasteiger partial charge in [0.25, 0.3) is 5.56 Å². The van der Waals surface area contributed by atoms with E-state index in [-0.39, 0.29) is 17.5 Å². The molecule has 0 N–H and O–H groups in total. The SMILES string of the molecule is Cc1ccccc1-c1noc(CN2CCN(C(=O)CCc3nc4ccccc4c(=O)n3C3CC3)CC2)n1. The van der Waals surface area contributed by atoms with Crippen molar-refractivity contribution in [1.29, 1.82) is 0 Å². The van der Waals surface area contributed by atoms with Crippen LogP contribution in [-0.4, -0.2) is 61.6 Å². The van der Waals surface area contributed by atoms with Crippen molar-refractivity contribution in [3.8, 4) is 11.4 Å². The van der Waals surface area contributed by atoms with Crippen LogP contribution in [0.25, 0.3) is 22.3 Å². The first-order valence-corrected chi connectivity index (χ1v) is 13.0. The van der Waals surface area contributed by atoms with E-state index in [1.165, 1.54) is 0 Å². The molecule has 3 heterocycles. The number of nitrogens with zero attached hydrogens (tertiary/aromatic N) is 6. The standard InChI is InChI=1S/C28H30N6O3/c1-19-6-2-3-7-21(19)27-30-25(37-31-27)18-32-14-16-33(17-15-32)26(35)13-12-24-29-23-9-5-4-8-22(23)28(36)34(24)20-10-11-20/h2-9,20H,10-18H2,1H3. The average molecular weight is 499 g/mol. The van der Waals surface area contributed by atoms with Crippen molar-refractivity contribution in [3.63, 3.8) is 0 Å². The number of piperazine rings is 1. The molecule has 4 aromatic rings. The van der Waals surface area contributed by atoms with Gasteiger partial charge in [0.1, 0.15) is 5.82 Å². The molecular weight excluding hydrogens is 468 g/mol. The van der Waals surface area contributed by atoms with Crippen LogP contribution in [0.1, 0.15) is 42.6 Å². The van der Waals surface area contributed by atoms with E-state index in [9.17, 15) is 9.59 Å². The summed E-state index contributed by atoms with van der Waals surface area (Å²) < 4.78 is 7.32. The van der Waals surface area contributed by atoms with Crippen molar-refractivity contribution in [2.75, 3.05) is 26.2 Å². The molecule has 0 unspecified atom stereocenters. The molecule has 190 valence electrons. The molecule has 0 radical (unpaired) electrons. The Morgan fingerprint density at radius 2 is 1.76 bits per heavy atom. The lowest BCUT2D eigenvalue weighted by Crippen LogP contribution is -2.48. The molecule has 1 amide bonds. The highest BCUT2D eigenvalue weighted by atomic mass is 16.5. The highest BCUT2D eigenvalue weighted by Crippen LogP contribution is 2.35. The van der Waals surface area contributed by atoms with Gasteiger partial charge in [-0.3, -0.25) is 19.1 Å². The lowest BCUT2D eigenvalue weighted by Gasteiger charge is -2.34. The Kier molecular flexibility index (Phi) is 6.30. The highest BCUT2D eigenvalue weighted by molar-refractivity contribution is 5.78. The van der Waals surface area contributed by atoms with Gasteiger partial charge in [-0.25, -0.2) is 4.98 Å². The van der Waals surface area contributed by atoms with Crippen molar-refractivity contribution < 1.29 is 9.32 Å². The van der Waals surface area contributed by atoms with E-state index in [1.807, 2.05) is 64.9 Å². The van der Waals surface area contributed by atoms with Gasteiger partial charge in [-0.2, -0.15) is 4.98 Å². The van der Waals surface area contributed by atoms with Crippen molar-refractivity contribution in [3.05, 3.63) is 76.2 Å². The molecule has 0 atom stereocenters. The zero-order chi connectivity index (χ0) is 25.4. The lowest BCUT2D eigenvalue weighted by molar-refractivity contribution is -0.133. The number of benzene rings is 2. The van der Waals surface area contributed by atoms with Crippen LogP contribution in [0.3, 0.4) is 0 Å². The molecule has 2 aromatic heterocycles. The van der Waals surface area contributed by atoms with Gasteiger partial charge >= 0.3 is 0 Å². The maximum atomic E-state index is 13.1. The Labute approximate surface area is 214 Å². The number of aromatic nitrogens is 4. The van der Waals surface area contributed by atoms with Crippen LogP contribution >= 0.6 is 0 Å². The molecule has 1 aliphatic heterocycles. The normalized spacial score (nSPS) is 16.4. The van der Waals surface area contributed by atoms with E-state index in [0.29, 0.717) is 55.1 Å². The third-order valence-corrected chi connectivity index (χ3v) is 7.29. The first-order chi connectivity index (χ1) is 18.1. The van der Waals surface area contributed by atoms with Gasteiger partial charge < -0.3 is 9.42 Å². The molecule has 2 fully saturated rings. The predicted molar refractivity (Wildman–Crippen MR) is 139 cm³/mol. The van der Waals surface area contributed by atoms with E-state index in [0.717, 1.165) is 42.9 Å². The molecular formula is C28H30N6O3. The van der Waals surface area contributed by atoms with Gasteiger partial charge in [-0.05, 0) is 37.5 Å². The highest BCUT2D eigenvalue weighted by Gasteiger charge is 2.29. The van der Waals surface area contributed by atoms with Crippen molar-refractivity contribution in [1.82, 2.24) is 29.5 Å². The van der Waals surface area contributed by atoms with Gasteiger partial charge in [-0.1, -0.05) is 41.6 Å². The third-order valence-electron chi connectivity index (χ3n) is 7.29. The quantitative estimate of drug-likeness (QED) is 0.385. The monoisotopic (exact) mass is 498 g/mol. The second-order valence-corrected chi connectivity index (χ2v) is 9.94. The van der Waals surface area contributed by atoms with Crippen LogP contribution in [0.2, 0.25) is 0 Å². The van der Waals surface area contributed by atoms with Crippen LogP contribution in [0.4, 0.5) is 0 Å². The maximum Gasteiger partial charge on any atom is 0.261 e. The molecule has 1 aliphatic carbocycles. The number of fused-ring (bicyclic) bond motifs is 1. The fraction of sp³-hybridized carbons (Fsp3) is 0.393. The fourth-order valence-corrected chi connectivity index (χ4v) is 5.05. The molecule has 37 heavy (non-hydrogen) atoms. The van der Waals surface area contributed by atoms with Crippen LogP contribution in [0.5, 0.6) is 0 Å². The van der Waals surface area contributed by atoms with E-state index in [1.54, 1.807) is 0 Å². The second-order valence-electron chi connectivity index (χ2n) is 9.94. The van der Waals surface area contributed by atoms with E-state index < -0.39 is 0 Å². The number of carbonyl (C=O) groups is 1. The minimum absolute atomic E-state index is 0.00997. The zero-order valence-electron chi connectivity index (χ0n) is 21.0. The Morgan fingerprint density at radius 1 is 1.00 bits per heavy atom. The summed E-state index contributed by atoms with van der Waals surface area (Å²) in [4.78, 5) is 39.6. The van der Waals surface area contributed by atoms with E-state index in [2.05, 4.69) is 15.0 Å². The summed E-state index contributed by atoms with van der Waals surface area (Å²) in [6.07, 6.45) is 2.81. The summed E-state index contributed by atoms with van der Waals surface area (Å²) in [6, 6.07) is 15.7. The number of amides is 1. The molecule has 1 saturated carbocycles. The summed E-state index contributed by atoms with van der Waals surface area (Å²) >= 11 is 0. The van der Waals surface area contributed by atoms with Crippen molar-refractivity contribution >= 4 is 16.8 Å². The minimum atomic E-state index is 0.00997. The van der Waals surface area contributed by atoms with Crippen LogP contribution < -0.4 is 5.56 Å². The van der Waals surface area contributed by atoms with Crippen molar-refractivity contribution in [2.45, 2.75) is 45.2 Å². The molecule has 6 rings (SSSR count). The summed E-state index contributed by atoms with van der Waals surface area (Å²) in [5, 5.41) is 4.80.